The van der Waals surface area contributed by atoms with Crippen molar-refractivity contribution in [2.45, 2.75) is 29.6 Å². The van der Waals surface area contributed by atoms with E-state index in [4.69, 9.17) is 9.47 Å². The number of amides is 1. The molecule has 0 unspecified atom stereocenters. The van der Waals surface area contributed by atoms with E-state index in [2.05, 4.69) is 15.9 Å². The van der Waals surface area contributed by atoms with Gasteiger partial charge in [0.2, 0.25) is 0 Å². The summed E-state index contributed by atoms with van der Waals surface area (Å²) in [7, 11) is 0. The number of benzene rings is 1. The van der Waals surface area contributed by atoms with Crippen molar-refractivity contribution < 1.29 is 14.3 Å². The van der Waals surface area contributed by atoms with E-state index in [1.807, 2.05) is 35.2 Å². The molecule has 4 nitrogen and oxygen atoms in total. The van der Waals surface area contributed by atoms with E-state index in [9.17, 15) is 4.79 Å². The fourth-order valence-electron chi connectivity index (χ4n) is 3.41. The molecule has 1 aromatic carbocycles. The minimum absolute atomic E-state index is 0.219. The number of hydrogen-bond donors (Lipinski definition) is 0. The number of hydrogen-bond acceptors (Lipinski definition) is 3. The maximum absolute atomic E-state index is 12.1. The number of rotatable bonds is 2. The molecule has 0 radical (unpaired) electrons. The van der Waals surface area contributed by atoms with Crippen LogP contribution in [0.1, 0.15) is 5.56 Å². The van der Waals surface area contributed by atoms with E-state index in [1.54, 1.807) is 0 Å². The average molecular weight is 324 g/mol. The van der Waals surface area contributed by atoms with Gasteiger partial charge in [0.05, 0.1) is 29.6 Å². The number of piperidine rings is 1. The van der Waals surface area contributed by atoms with Crippen LogP contribution < -0.4 is 0 Å². The fourth-order valence-corrected chi connectivity index (χ4v) is 4.53. The summed E-state index contributed by atoms with van der Waals surface area (Å²) in [5, 5.41) is 0. The molecule has 0 bridgehead atoms. The van der Waals surface area contributed by atoms with Crippen molar-refractivity contribution in [1.82, 2.24) is 4.90 Å². The van der Waals surface area contributed by atoms with Gasteiger partial charge in [0, 0.05) is 5.92 Å². The van der Waals surface area contributed by atoms with Crippen LogP contribution in [0.4, 0.5) is 4.79 Å². The van der Waals surface area contributed by atoms with Crippen LogP contribution in [0.25, 0.3) is 0 Å². The first-order valence-electron chi connectivity index (χ1n) is 6.52. The molecule has 1 saturated carbocycles. The zero-order valence-electron chi connectivity index (χ0n) is 10.2. The van der Waals surface area contributed by atoms with Crippen molar-refractivity contribution in [1.29, 1.82) is 0 Å². The summed E-state index contributed by atoms with van der Waals surface area (Å²) in [6.07, 6.45) is 0.0803. The Hall–Kier alpha value is -1.07. The number of halogens is 1. The molecular formula is C14H14BrNO3. The highest BCUT2D eigenvalue weighted by molar-refractivity contribution is 9.09. The summed E-state index contributed by atoms with van der Waals surface area (Å²) in [5.74, 6) is 0.522. The smallest absolute Gasteiger partial charge is 0.410 e. The molecule has 1 aliphatic carbocycles. The summed E-state index contributed by atoms with van der Waals surface area (Å²) in [6, 6.07) is 10.2. The second-order valence-electron chi connectivity index (χ2n) is 5.33. The number of ether oxygens (including phenoxy) is 2. The Balaban J connectivity index is 1.40. The Labute approximate surface area is 119 Å². The van der Waals surface area contributed by atoms with Gasteiger partial charge in [-0.2, -0.15) is 0 Å². The molecule has 3 fully saturated rings. The van der Waals surface area contributed by atoms with Crippen molar-refractivity contribution in [3.8, 4) is 0 Å². The van der Waals surface area contributed by atoms with Crippen LogP contribution in [0.5, 0.6) is 0 Å². The Morgan fingerprint density at radius 2 is 2.21 bits per heavy atom. The molecule has 5 heteroatoms. The SMILES string of the molecule is O=C(OCc1ccccc1)N1[C@@H]2[C@@H](Br)[C@@H]3OC[C@H]1[C@@H]32. The Morgan fingerprint density at radius 3 is 3.00 bits per heavy atom. The quantitative estimate of drug-likeness (QED) is 0.783. The lowest BCUT2D eigenvalue weighted by atomic mass is 9.65. The average Bonchev–Trinajstić information content (AvgIpc) is 2.63. The lowest BCUT2D eigenvalue weighted by Crippen LogP contribution is -2.78. The van der Waals surface area contributed by atoms with Crippen molar-refractivity contribution in [3.63, 3.8) is 0 Å². The first-order valence-corrected chi connectivity index (χ1v) is 7.43. The van der Waals surface area contributed by atoms with Crippen LogP contribution in [0.3, 0.4) is 0 Å². The van der Waals surface area contributed by atoms with Crippen LogP contribution >= 0.6 is 15.9 Å². The minimum Gasteiger partial charge on any atom is -0.445 e. The summed E-state index contributed by atoms with van der Waals surface area (Å²) < 4.78 is 11.1. The van der Waals surface area contributed by atoms with Crippen LogP contribution in [0.15, 0.2) is 30.3 Å². The van der Waals surface area contributed by atoms with E-state index < -0.39 is 0 Å². The number of likely N-dealkylation sites (tertiary alicyclic amines) is 1. The lowest BCUT2D eigenvalue weighted by Gasteiger charge is -2.61. The zero-order valence-corrected chi connectivity index (χ0v) is 11.8. The van der Waals surface area contributed by atoms with Gasteiger partial charge in [-0.25, -0.2) is 4.79 Å². The molecule has 0 N–H and O–H groups in total. The van der Waals surface area contributed by atoms with E-state index in [-0.39, 0.29) is 23.0 Å². The molecule has 0 aromatic heterocycles. The van der Waals surface area contributed by atoms with Crippen LogP contribution in [-0.4, -0.2) is 40.6 Å². The highest BCUT2D eigenvalue weighted by atomic mass is 79.9. The Bertz CT molecular complexity index is 509. The van der Waals surface area contributed by atoms with Crippen molar-refractivity contribution in [2.75, 3.05) is 6.61 Å². The molecule has 0 spiro atoms. The minimum atomic E-state index is -0.219. The molecule has 2 saturated heterocycles. The maximum Gasteiger partial charge on any atom is 0.410 e. The van der Waals surface area contributed by atoms with E-state index in [0.717, 1.165) is 5.56 Å². The maximum atomic E-state index is 12.1. The fraction of sp³-hybridized carbons (Fsp3) is 0.500. The molecule has 19 heavy (non-hydrogen) atoms. The highest BCUT2D eigenvalue weighted by Gasteiger charge is 2.71. The van der Waals surface area contributed by atoms with Crippen LogP contribution in [0, 0.1) is 5.92 Å². The third kappa shape index (κ3) is 1.58. The number of carbonyl (C=O) groups is 1. The van der Waals surface area contributed by atoms with Gasteiger partial charge in [-0.05, 0) is 5.56 Å². The molecule has 4 rings (SSSR count). The number of nitrogens with zero attached hydrogens (tertiary/aromatic N) is 1. The van der Waals surface area contributed by atoms with Crippen molar-refractivity contribution in [2.24, 2.45) is 5.92 Å². The molecule has 2 aliphatic heterocycles. The van der Waals surface area contributed by atoms with Gasteiger partial charge in [0.25, 0.3) is 0 Å². The first-order chi connectivity index (χ1) is 9.27. The topological polar surface area (TPSA) is 38.8 Å². The summed E-state index contributed by atoms with van der Waals surface area (Å²) in [6.45, 7) is 0.978. The first kappa shape index (κ1) is 11.7. The van der Waals surface area contributed by atoms with Gasteiger partial charge in [-0.1, -0.05) is 46.3 Å². The van der Waals surface area contributed by atoms with E-state index in [1.165, 1.54) is 0 Å². The van der Waals surface area contributed by atoms with E-state index in [0.29, 0.717) is 25.2 Å². The van der Waals surface area contributed by atoms with Crippen LogP contribution in [0.2, 0.25) is 0 Å². The molecular weight excluding hydrogens is 310 g/mol. The lowest BCUT2D eigenvalue weighted by molar-refractivity contribution is -0.101. The standard InChI is InChI=1S/C14H14BrNO3/c15-11-12-10-9(7-18-13(10)11)16(12)14(17)19-6-8-4-2-1-3-5-8/h1-5,9-13H,6-7H2/t9-,10+,11+,12-,13+/m0/s1. The number of alkyl halides is 1. The molecule has 100 valence electrons. The second kappa shape index (κ2) is 4.21. The van der Waals surface area contributed by atoms with Crippen molar-refractivity contribution >= 4 is 22.0 Å². The number of carbonyl (C=O) groups excluding carboxylic acids is 1. The van der Waals surface area contributed by atoms with Gasteiger partial charge in [-0.3, -0.25) is 4.90 Å². The predicted octanol–water partition coefficient (Wildman–Crippen LogP) is 2.17. The van der Waals surface area contributed by atoms with E-state index >= 15 is 0 Å². The monoisotopic (exact) mass is 323 g/mol. The highest BCUT2D eigenvalue weighted by Crippen LogP contribution is 2.56. The molecule has 3 aliphatic rings. The van der Waals surface area contributed by atoms with Gasteiger partial charge in [0.1, 0.15) is 6.61 Å². The third-order valence-corrected chi connectivity index (χ3v) is 5.47. The summed E-state index contributed by atoms with van der Waals surface area (Å²) in [5.41, 5.74) is 1.01. The normalized spacial score (nSPS) is 38.2. The second-order valence-corrected chi connectivity index (χ2v) is 6.38. The van der Waals surface area contributed by atoms with Gasteiger partial charge in [-0.15, -0.1) is 0 Å². The zero-order chi connectivity index (χ0) is 13.0. The van der Waals surface area contributed by atoms with Gasteiger partial charge in [0.15, 0.2) is 0 Å². The summed E-state index contributed by atoms with van der Waals surface area (Å²) >= 11 is 3.60. The Morgan fingerprint density at radius 1 is 1.42 bits per heavy atom. The molecule has 2 heterocycles. The predicted molar refractivity (Wildman–Crippen MR) is 72.0 cm³/mol. The van der Waals surface area contributed by atoms with Crippen LogP contribution in [-0.2, 0) is 16.1 Å². The molecule has 5 atom stereocenters. The van der Waals surface area contributed by atoms with Crippen molar-refractivity contribution in [3.05, 3.63) is 35.9 Å². The Kier molecular flexibility index (Phi) is 2.60. The molecule has 1 amide bonds. The largest absolute Gasteiger partial charge is 0.445 e. The summed E-state index contributed by atoms with van der Waals surface area (Å²) in [4.78, 5) is 14.3. The van der Waals surface area contributed by atoms with Gasteiger partial charge >= 0.3 is 6.09 Å². The molecule has 1 aromatic rings. The third-order valence-electron chi connectivity index (χ3n) is 4.41. The van der Waals surface area contributed by atoms with Gasteiger partial charge < -0.3 is 9.47 Å².